The van der Waals surface area contributed by atoms with Gasteiger partial charge in [-0.3, -0.25) is 0 Å². The zero-order chi connectivity index (χ0) is 16.4. The molecule has 7 heteroatoms. The van der Waals surface area contributed by atoms with E-state index in [1.807, 2.05) is 65.7 Å². The summed E-state index contributed by atoms with van der Waals surface area (Å²) in [7, 11) is 1.65. The lowest BCUT2D eigenvalue weighted by Gasteiger charge is -2.03. The number of ether oxygens (including phenoxy) is 1. The Morgan fingerprint density at radius 2 is 2.00 bits per heavy atom. The standard InChI is InChI=1S/C17H16N6O/c1-24-15-7-5-14(6-8-15)23-12-13(11-19-23)10-18-17-20-16-4-2-3-9-22(16)21-17/h2-9,11-12H,10H2,1H3,(H,18,21). The van der Waals surface area contributed by atoms with Crippen molar-refractivity contribution in [2.24, 2.45) is 0 Å². The van der Waals surface area contributed by atoms with Crippen LogP contribution in [-0.2, 0) is 6.54 Å². The molecular formula is C17H16N6O. The highest BCUT2D eigenvalue weighted by Crippen LogP contribution is 2.15. The Hall–Kier alpha value is -3.35. The average Bonchev–Trinajstić information content (AvgIpc) is 3.26. The van der Waals surface area contributed by atoms with E-state index in [9.17, 15) is 0 Å². The molecule has 7 nitrogen and oxygen atoms in total. The van der Waals surface area contributed by atoms with Crippen LogP contribution in [0, 0.1) is 0 Å². The minimum absolute atomic E-state index is 0.596. The first-order valence-electron chi connectivity index (χ1n) is 7.55. The SMILES string of the molecule is COc1ccc(-n2cc(CNc3nc4ccccn4n3)cn2)cc1. The van der Waals surface area contributed by atoms with Crippen LogP contribution in [0.3, 0.4) is 0 Å². The lowest BCUT2D eigenvalue weighted by Crippen LogP contribution is -2.00. The van der Waals surface area contributed by atoms with Gasteiger partial charge < -0.3 is 10.1 Å². The number of pyridine rings is 1. The molecule has 1 aromatic carbocycles. The summed E-state index contributed by atoms with van der Waals surface area (Å²) in [6, 6.07) is 13.5. The Balaban J connectivity index is 1.46. The molecule has 24 heavy (non-hydrogen) atoms. The van der Waals surface area contributed by atoms with Crippen LogP contribution in [0.2, 0.25) is 0 Å². The largest absolute Gasteiger partial charge is 0.497 e. The number of hydrogen-bond acceptors (Lipinski definition) is 5. The fourth-order valence-corrected chi connectivity index (χ4v) is 2.42. The summed E-state index contributed by atoms with van der Waals surface area (Å²) in [6.07, 6.45) is 5.67. The Labute approximate surface area is 138 Å². The van der Waals surface area contributed by atoms with E-state index in [-0.39, 0.29) is 0 Å². The Kier molecular flexibility index (Phi) is 3.59. The van der Waals surface area contributed by atoms with Crippen LogP contribution in [0.25, 0.3) is 11.3 Å². The van der Waals surface area contributed by atoms with Crippen LogP contribution in [0.5, 0.6) is 5.75 Å². The molecule has 0 aliphatic rings. The molecule has 0 fully saturated rings. The van der Waals surface area contributed by atoms with E-state index in [2.05, 4.69) is 20.5 Å². The van der Waals surface area contributed by atoms with Crippen molar-refractivity contribution in [3.8, 4) is 11.4 Å². The van der Waals surface area contributed by atoms with Gasteiger partial charge in [-0.1, -0.05) is 6.07 Å². The van der Waals surface area contributed by atoms with Gasteiger partial charge in [0.1, 0.15) is 5.75 Å². The molecule has 4 aromatic rings. The minimum atomic E-state index is 0.596. The molecule has 0 radical (unpaired) electrons. The van der Waals surface area contributed by atoms with E-state index in [1.165, 1.54) is 0 Å². The molecule has 1 N–H and O–H groups in total. The molecule has 4 rings (SSSR count). The van der Waals surface area contributed by atoms with E-state index in [1.54, 1.807) is 11.6 Å². The zero-order valence-corrected chi connectivity index (χ0v) is 13.1. The first-order chi connectivity index (χ1) is 11.8. The van der Waals surface area contributed by atoms with Gasteiger partial charge in [-0.25, -0.2) is 9.20 Å². The Morgan fingerprint density at radius 1 is 1.12 bits per heavy atom. The predicted molar refractivity (Wildman–Crippen MR) is 90.4 cm³/mol. The quantitative estimate of drug-likeness (QED) is 0.612. The highest BCUT2D eigenvalue weighted by atomic mass is 16.5. The number of fused-ring (bicyclic) bond motifs is 1. The summed E-state index contributed by atoms with van der Waals surface area (Å²) in [4.78, 5) is 4.41. The number of hydrogen-bond donors (Lipinski definition) is 1. The van der Waals surface area contributed by atoms with Crippen LogP contribution in [-0.4, -0.2) is 31.5 Å². The number of aromatic nitrogens is 5. The monoisotopic (exact) mass is 320 g/mol. The first kappa shape index (κ1) is 14.3. The Bertz CT molecular complexity index is 924. The first-order valence-corrected chi connectivity index (χ1v) is 7.55. The second-order valence-corrected chi connectivity index (χ2v) is 5.28. The lowest BCUT2D eigenvalue weighted by molar-refractivity contribution is 0.414. The number of benzene rings is 1. The van der Waals surface area contributed by atoms with Crippen molar-refractivity contribution in [1.82, 2.24) is 24.4 Å². The van der Waals surface area contributed by atoms with Gasteiger partial charge in [0.05, 0.1) is 19.0 Å². The Morgan fingerprint density at radius 3 is 2.79 bits per heavy atom. The third-order valence-electron chi connectivity index (χ3n) is 3.66. The van der Waals surface area contributed by atoms with Crippen LogP contribution in [0.4, 0.5) is 5.95 Å². The molecule has 120 valence electrons. The summed E-state index contributed by atoms with van der Waals surface area (Å²) in [5.74, 6) is 1.42. The smallest absolute Gasteiger partial charge is 0.243 e. The predicted octanol–water partition coefficient (Wildman–Crippen LogP) is 2.54. The molecule has 0 amide bonds. The molecule has 0 saturated carbocycles. The normalized spacial score (nSPS) is 10.9. The maximum Gasteiger partial charge on any atom is 0.243 e. The maximum absolute atomic E-state index is 5.17. The number of anilines is 1. The maximum atomic E-state index is 5.17. The lowest BCUT2D eigenvalue weighted by atomic mass is 10.3. The van der Waals surface area contributed by atoms with Gasteiger partial charge in [0.15, 0.2) is 5.65 Å². The summed E-state index contributed by atoms with van der Waals surface area (Å²) in [6.45, 7) is 0.604. The van der Waals surface area contributed by atoms with E-state index in [0.717, 1.165) is 22.6 Å². The van der Waals surface area contributed by atoms with E-state index < -0.39 is 0 Å². The summed E-state index contributed by atoms with van der Waals surface area (Å²) < 4.78 is 8.73. The van der Waals surface area contributed by atoms with Crippen molar-refractivity contribution in [3.05, 3.63) is 66.6 Å². The van der Waals surface area contributed by atoms with Crippen LogP contribution < -0.4 is 10.1 Å². The van der Waals surface area contributed by atoms with Crippen LogP contribution >= 0.6 is 0 Å². The van der Waals surface area contributed by atoms with Crippen molar-refractivity contribution in [3.63, 3.8) is 0 Å². The molecule has 0 aliphatic heterocycles. The zero-order valence-electron chi connectivity index (χ0n) is 13.1. The highest BCUT2D eigenvalue weighted by molar-refractivity contribution is 5.43. The molecular weight excluding hydrogens is 304 g/mol. The van der Waals surface area contributed by atoms with Crippen molar-refractivity contribution >= 4 is 11.6 Å². The van der Waals surface area contributed by atoms with E-state index >= 15 is 0 Å². The van der Waals surface area contributed by atoms with Gasteiger partial charge in [0.2, 0.25) is 5.95 Å². The molecule has 0 bridgehead atoms. The summed E-state index contributed by atoms with van der Waals surface area (Å²) in [5, 5.41) is 12.0. The second kappa shape index (κ2) is 6.04. The molecule has 0 spiro atoms. The van der Waals surface area contributed by atoms with Gasteiger partial charge in [-0.2, -0.15) is 10.1 Å². The third kappa shape index (κ3) is 2.79. The van der Waals surface area contributed by atoms with E-state index in [0.29, 0.717) is 12.5 Å². The van der Waals surface area contributed by atoms with Crippen molar-refractivity contribution < 1.29 is 4.74 Å². The number of nitrogens with one attached hydrogen (secondary N) is 1. The van der Waals surface area contributed by atoms with Gasteiger partial charge in [-0.15, -0.1) is 5.10 Å². The number of methoxy groups -OCH3 is 1. The fourth-order valence-electron chi connectivity index (χ4n) is 2.42. The van der Waals surface area contributed by atoms with Gasteiger partial charge in [0.25, 0.3) is 0 Å². The minimum Gasteiger partial charge on any atom is -0.497 e. The molecule has 3 aromatic heterocycles. The van der Waals surface area contributed by atoms with Gasteiger partial charge in [-0.05, 0) is 36.4 Å². The van der Waals surface area contributed by atoms with Crippen molar-refractivity contribution in [1.29, 1.82) is 0 Å². The number of rotatable bonds is 5. The fraction of sp³-hybridized carbons (Fsp3) is 0.118. The highest BCUT2D eigenvalue weighted by Gasteiger charge is 2.05. The number of nitrogens with zero attached hydrogens (tertiary/aromatic N) is 5. The second-order valence-electron chi connectivity index (χ2n) is 5.28. The van der Waals surface area contributed by atoms with Crippen molar-refractivity contribution in [2.75, 3.05) is 12.4 Å². The van der Waals surface area contributed by atoms with Crippen LogP contribution in [0.15, 0.2) is 61.1 Å². The molecule has 0 atom stereocenters. The van der Waals surface area contributed by atoms with E-state index in [4.69, 9.17) is 4.74 Å². The topological polar surface area (TPSA) is 69.3 Å². The van der Waals surface area contributed by atoms with Gasteiger partial charge in [0, 0.05) is 24.5 Å². The van der Waals surface area contributed by atoms with Crippen LogP contribution in [0.1, 0.15) is 5.56 Å². The third-order valence-corrected chi connectivity index (χ3v) is 3.66. The molecule has 0 saturated heterocycles. The molecule has 3 heterocycles. The average molecular weight is 320 g/mol. The summed E-state index contributed by atoms with van der Waals surface area (Å²) in [5.41, 5.74) is 2.84. The van der Waals surface area contributed by atoms with Crippen molar-refractivity contribution in [2.45, 2.75) is 6.54 Å². The summed E-state index contributed by atoms with van der Waals surface area (Å²) >= 11 is 0. The van der Waals surface area contributed by atoms with Gasteiger partial charge >= 0.3 is 0 Å². The molecule has 0 unspecified atom stereocenters. The molecule has 0 aliphatic carbocycles.